The van der Waals surface area contributed by atoms with Crippen molar-refractivity contribution in [1.29, 1.82) is 0 Å². The summed E-state index contributed by atoms with van der Waals surface area (Å²) < 4.78 is 0. The number of benzene rings is 1. The highest BCUT2D eigenvalue weighted by atomic mass is 16.3. The highest BCUT2D eigenvalue weighted by Crippen LogP contribution is 2.34. The fraction of sp³-hybridized carbons (Fsp3) is 0.455. The molecule has 13 heavy (non-hydrogen) atoms. The second kappa shape index (κ2) is 3.48. The van der Waals surface area contributed by atoms with Gasteiger partial charge in [0, 0.05) is 12.0 Å². The van der Waals surface area contributed by atoms with Crippen LogP contribution in [0.15, 0.2) is 24.3 Å². The molecule has 1 aliphatic rings. The average Bonchev–Trinajstić information content (AvgIpc) is 2.60. The molecular formula is C11H15NO. The molecule has 1 aliphatic carbocycles. The van der Waals surface area contributed by atoms with E-state index in [0.717, 1.165) is 12.8 Å². The van der Waals surface area contributed by atoms with Crippen molar-refractivity contribution < 1.29 is 5.11 Å². The minimum absolute atomic E-state index is 0.0823. The molecule has 2 unspecified atom stereocenters. The Labute approximate surface area is 78.4 Å². The van der Waals surface area contributed by atoms with Crippen LogP contribution in [0, 0.1) is 0 Å². The zero-order chi connectivity index (χ0) is 9.26. The zero-order valence-electron chi connectivity index (χ0n) is 7.61. The third-order valence-electron chi connectivity index (χ3n) is 2.91. The van der Waals surface area contributed by atoms with Crippen LogP contribution in [0.25, 0.3) is 0 Å². The van der Waals surface area contributed by atoms with Gasteiger partial charge in [-0.3, -0.25) is 0 Å². The van der Waals surface area contributed by atoms with Gasteiger partial charge in [-0.05, 0) is 24.0 Å². The van der Waals surface area contributed by atoms with E-state index in [9.17, 15) is 0 Å². The third-order valence-corrected chi connectivity index (χ3v) is 2.91. The van der Waals surface area contributed by atoms with Gasteiger partial charge in [0.25, 0.3) is 0 Å². The predicted octanol–water partition coefficient (Wildman–Crippen LogP) is 1.04. The van der Waals surface area contributed by atoms with Gasteiger partial charge >= 0.3 is 0 Å². The highest BCUT2D eigenvalue weighted by molar-refractivity contribution is 5.35. The first-order valence-corrected chi connectivity index (χ1v) is 4.77. The van der Waals surface area contributed by atoms with Crippen molar-refractivity contribution >= 4 is 0 Å². The lowest BCUT2D eigenvalue weighted by Gasteiger charge is -2.17. The Bertz CT molecular complexity index is 298. The summed E-state index contributed by atoms with van der Waals surface area (Å²) in [6.45, 7) is 0.0823. The Morgan fingerprint density at radius 2 is 2.23 bits per heavy atom. The molecule has 0 radical (unpaired) electrons. The number of nitrogens with two attached hydrogens (primary N) is 1. The Balaban J connectivity index is 2.28. The Morgan fingerprint density at radius 1 is 1.46 bits per heavy atom. The summed E-state index contributed by atoms with van der Waals surface area (Å²) in [4.78, 5) is 0. The lowest BCUT2D eigenvalue weighted by Crippen LogP contribution is -2.30. The van der Waals surface area contributed by atoms with E-state index in [1.807, 2.05) is 6.07 Å². The van der Waals surface area contributed by atoms with Crippen LogP contribution in [0.2, 0.25) is 0 Å². The molecule has 0 bridgehead atoms. The predicted molar refractivity (Wildman–Crippen MR) is 52.6 cm³/mol. The lowest BCUT2D eigenvalue weighted by molar-refractivity contribution is 0.248. The molecule has 0 heterocycles. The van der Waals surface area contributed by atoms with Crippen molar-refractivity contribution in [1.82, 2.24) is 0 Å². The van der Waals surface area contributed by atoms with Gasteiger partial charge < -0.3 is 10.8 Å². The van der Waals surface area contributed by atoms with E-state index in [-0.39, 0.29) is 12.6 Å². The Hall–Kier alpha value is -0.860. The molecule has 0 saturated carbocycles. The minimum atomic E-state index is -0.0938. The van der Waals surface area contributed by atoms with Crippen molar-refractivity contribution in [2.45, 2.75) is 24.8 Å². The maximum absolute atomic E-state index is 9.00. The van der Waals surface area contributed by atoms with Crippen LogP contribution in [0.1, 0.15) is 23.5 Å². The molecule has 0 aromatic heterocycles. The monoisotopic (exact) mass is 177 g/mol. The molecule has 0 aliphatic heterocycles. The number of fused-ring (bicyclic) bond motifs is 1. The number of aliphatic hydroxyl groups excluding tert-OH is 1. The number of hydrogen-bond donors (Lipinski definition) is 2. The molecule has 0 fully saturated rings. The standard InChI is InChI=1S/C11H15NO/c12-11(7-13)10-6-5-8-3-1-2-4-9(8)10/h1-4,10-11,13H,5-7,12H2. The summed E-state index contributed by atoms with van der Waals surface area (Å²) in [5, 5.41) is 9.00. The number of aliphatic hydroxyl groups is 1. The average molecular weight is 177 g/mol. The molecule has 1 aromatic carbocycles. The van der Waals surface area contributed by atoms with Gasteiger partial charge in [-0.25, -0.2) is 0 Å². The Kier molecular flexibility index (Phi) is 2.34. The summed E-state index contributed by atoms with van der Waals surface area (Å²) in [5.41, 5.74) is 8.58. The normalized spacial score (nSPS) is 22.8. The highest BCUT2D eigenvalue weighted by Gasteiger charge is 2.26. The maximum atomic E-state index is 9.00. The lowest BCUT2D eigenvalue weighted by atomic mass is 9.94. The quantitative estimate of drug-likeness (QED) is 0.709. The molecule has 2 atom stereocenters. The summed E-state index contributed by atoms with van der Waals surface area (Å²) in [7, 11) is 0. The third kappa shape index (κ3) is 1.47. The molecular weight excluding hydrogens is 162 g/mol. The summed E-state index contributed by atoms with van der Waals surface area (Å²) in [6, 6.07) is 8.29. The molecule has 0 amide bonds. The van der Waals surface area contributed by atoms with E-state index in [1.165, 1.54) is 11.1 Å². The smallest absolute Gasteiger partial charge is 0.0588 e. The van der Waals surface area contributed by atoms with Gasteiger partial charge in [0.15, 0.2) is 0 Å². The molecule has 2 rings (SSSR count). The SMILES string of the molecule is NC(CO)C1CCc2ccccc21. The van der Waals surface area contributed by atoms with Crippen molar-refractivity contribution in [2.75, 3.05) is 6.61 Å². The van der Waals surface area contributed by atoms with Gasteiger partial charge in [-0.15, -0.1) is 0 Å². The summed E-state index contributed by atoms with van der Waals surface area (Å²) >= 11 is 0. The maximum Gasteiger partial charge on any atom is 0.0588 e. The van der Waals surface area contributed by atoms with Crippen LogP contribution in [0.5, 0.6) is 0 Å². The van der Waals surface area contributed by atoms with E-state index in [1.54, 1.807) is 0 Å². The van der Waals surface area contributed by atoms with E-state index in [0.29, 0.717) is 5.92 Å². The fourth-order valence-corrected chi connectivity index (χ4v) is 2.16. The van der Waals surface area contributed by atoms with Crippen molar-refractivity contribution in [3.8, 4) is 0 Å². The number of aryl methyl sites for hydroxylation is 1. The van der Waals surface area contributed by atoms with E-state index < -0.39 is 0 Å². The van der Waals surface area contributed by atoms with E-state index in [4.69, 9.17) is 10.8 Å². The van der Waals surface area contributed by atoms with E-state index in [2.05, 4.69) is 18.2 Å². The molecule has 70 valence electrons. The Morgan fingerprint density at radius 3 is 3.00 bits per heavy atom. The van der Waals surface area contributed by atoms with Gasteiger partial charge in [-0.1, -0.05) is 24.3 Å². The molecule has 2 heteroatoms. The van der Waals surface area contributed by atoms with Crippen LogP contribution in [-0.2, 0) is 6.42 Å². The second-order valence-corrected chi connectivity index (χ2v) is 3.69. The summed E-state index contributed by atoms with van der Waals surface area (Å²) in [6.07, 6.45) is 2.19. The van der Waals surface area contributed by atoms with Gasteiger partial charge in [0.1, 0.15) is 0 Å². The first kappa shape index (κ1) is 8.73. The molecule has 0 spiro atoms. The van der Waals surface area contributed by atoms with Crippen molar-refractivity contribution in [2.24, 2.45) is 5.73 Å². The van der Waals surface area contributed by atoms with Crippen molar-refractivity contribution in [3.05, 3.63) is 35.4 Å². The van der Waals surface area contributed by atoms with Crippen LogP contribution >= 0.6 is 0 Å². The van der Waals surface area contributed by atoms with Gasteiger partial charge in [-0.2, -0.15) is 0 Å². The number of hydrogen-bond acceptors (Lipinski definition) is 2. The topological polar surface area (TPSA) is 46.2 Å². The second-order valence-electron chi connectivity index (χ2n) is 3.69. The van der Waals surface area contributed by atoms with Crippen LogP contribution in [-0.4, -0.2) is 17.8 Å². The van der Waals surface area contributed by atoms with Gasteiger partial charge in [0.2, 0.25) is 0 Å². The fourth-order valence-electron chi connectivity index (χ4n) is 2.16. The van der Waals surface area contributed by atoms with Crippen LogP contribution in [0.4, 0.5) is 0 Å². The molecule has 3 N–H and O–H groups in total. The molecule has 1 aromatic rings. The zero-order valence-corrected chi connectivity index (χ0v) is 7.61. The van der Waals surface area contributed by atoms with E-state index >= 15 is 0 Å². The van der Waals surface area contributed by atoms with Crippen LogP contribution < -0.4 is 5.73 Å². The first-order chi connectivity index (χ1) is 6.33. The van der Waals surface area contributed by atoms with Crippen molar-refractivity contribution in [3.63, 3.8) is 0 Å². The van der Waals surface area contributed by atoms with Crippen LogP contribution in [0.3, 0.4) is 0 Å². The molecule has 2 nitrogen and oxygen atoms in total. The molecule has 0 saturated heterocycles. The first-order valence-electron chi connectivity index (χ1n) is 4.77. The summed E-state index contributed by atoms with van der Waals surface area (Å²) in [5.74, 6) is 0.362. The number of rotatable bonds is 2. The largest absolute Gasteiger partial charge is 0.395 e. The minimum Gasteiger partial charge on any atom is -0.395 e. The van der Waals surface area contributed by atoms with Gasteiger partial charge in [0.05, 0.1) is 6.61 Å².